The summed E-state index contributed by atoms with van der Waals surface area (Å²) in [5.41, 5.74) is -0.295. The summed E-state index contributed by atoms with van der Waals surface area (Å²) in [5.74, 6) is -0.187. The number of aromatic hydroxyl groups is 1. The number of piperidine rings is 1. The second-order valence-electron chi connectivity index (χ2n) is 5.78. The summed E-state index contributed by atoms with van der Waals surface area (Å²) in [6.45, 7) is 0. The predicted octanol–water partition coefficient (Wildman–Crippen LogP) is 1.87. The number of nitrogens with zero attached hydrogens (tertiary/aromatic N) is 3. The maximum atomic E-state index is 12.8. The summed E-state index contributed by atoms with van der Waals surface area (Å²) in [5, 5.41) is 18.0. The molecule has 3 aliphatic rings. The van der Waals surface area contributed by atoms with Gasteiger partial charge in [-0.1, -0.05) is 12.1 Å². The van der Waals surface area contributed by atoms with Crippen LogP contribution in [-0.4, -0.2) is 35.6 Å². The van der Waals surface area contributed by atoms with E-state index >= 15 is 0 Å². The first-order chi connectivity index (χ1) is 9.52. The highest BCUT2D eigenvalue weighted by Gasteiger charge is 2.57. The van der Waals surface area contributed by atoms with Crippen LogP contribution < -0.4 is 0 Å². The van der Waals surface area contributed by atoms with E-state index in [1.807, 2.05) is 0 Å². The van der Waals surface area contributed by atoms with E-state index in [4.69, 9.17) is 0 Å². The van der Waals surface area contributed by atoms with Crippen molar-refractivity contribution in [2.24, 2.45) is 10.2 Å². The lowest BCUT2D eigenvalue weighted by molar-refractivity contribution is 0.206. The molecule has 2 bridgehead atoms. The maximum absolute atomic E-state index is 12.8. The number of hydrogen-bond donors (Lipinski definition) is 1. The zero-order valence-electron chi connectivity index (χ0n) is 10.8. The molecule has 3 aliphatic heterocycles. The van der Waals surface area contributed by atoms with Crippen molar-refractivity contribution in [1.82, 2.24) is 4.31 Å². The lowest BCUT2D eigenvalue weighted by atomic mass is 9.96. The first kappa shape index (κ1) is 12.3. The van der Waals surface area contributed by atoms with Gasteiger partial charge in [-0.3, -0.25) is 0 Å². The van der Waals surface area contributed by atoms with Crippen LogP contribution in [0.25, 0.3) is 0 Å². The molecule has 3 heterocycles. The molecule has 7 heteroatoms. The van der Waals surface area contributed by atoms with Crippen LogP contribution in [0.4, 0.5) is 0 Å². The van der Waals surface area contributed by atoms with Gasteiger partial charge in [0.15, 0.2) is 5.66 Å². The molecule has 0 amide bonds. The average molecular weight is 293 g/mol. The third-order valence-corrected chi connectivity index (χ3v) is 6.53. The minimum Gasteiger partial charge on any atom is -0.507 e. The first-order valence-electron chi connectivity index (χ1n) is 6.77. The molecule has 1 N–H and O–H groups in total. The van der Waals surface area contributed by atoms with E-state index in [1.54, 1.807) is 16.4 Å². The van der Waals surface area contributed by atoms with Gasteiger partial charge in [-0.25, -0.2) is 8.42 Å². The van der Waals surface area contributed by atoms with E-state index in [0.29, 0.717) is 12.8 Å². The number of hydrogen-bond acceptors (Lipinski definition) is 5. The zero-order chi connectivity index (χ0) is 14.0. The van der Waals surface area contributed by atoms with Gasteiger partial charge in [-0.15, -0.1) is 0 Å². The van der Waals surface area contributed by atoms with Gasteiger partial charge >= 0.3 is 0 Å². The van der Waals surface area contributed by atoms with Crippen molar-refractivity contribution in [3.63, 3.8) is 0 Å². The van der Waals surface area contributed by atoms with Gasteiger partial charge in [0, 0.05) is 24.9 Å². The van der Waals surface area contributed by atoms with Crippen LogP contribution in [-0.2, 0) is 10.0 Å². The molecule has 6 nitrogen and oxygen atoms in total. The van der Waals surface area contributed by atoms with Crippen molar-refractivity contribution in [1.29, 1.82) is 0 Å². The number of phenols is 1. The van der Waals surface area contributed by atoms with Crippen molar-refractivity contribution in [2.45, 2.75) is 48.3 Å². The van der Waals surface area contributed by atoms with Crippen LogP contribution in [0.1, 0.15) is 25.7 Å². The van der Waals surface area contributed by atoms with E-state index in [0.717, 1.165) is 12.8 Å². The molecule has 2 fully saturated rings. The van der Waals surface area contributed by atoms with Crippen LogP contribution in [0.5, 0.6) is 5.75 Å². The second-order valence-corrected chi connectivity index (χ2v) is 7.59. The minimum atomic E-state index is -3.65. The molecule has 0 radical (unpaired) electrons. The van der Waals surface area contributed by atoms with Crippen LogP contribution in [0, 0.1) is 0 Å². The Kier molecular flexibility index (Phi) is 2.33. The van der Waals surface area contributed by atoms with Crippen LogP contribution >= 0.6 is 0 Å². The van der Waals surface area contributed by atoms with Gasteiger partial charge in [0.1, 0.15) is 10.6 Å². The zero-order valence-corrected chi connectivity index (χ0v) is 11.6. The van der Waals surface area contributed by atoms with E-state index in [2.05, 4.69) is 10.2 Å². The molecule has 0 aromatic heterocycles. The topological polar surface area (TPSA) is 82.3 Å². The Labute approximate surface area is 117 Å². The quantitative estimate of drug-likeness (QED) is 0.903. The summed E-state index contributed by atoms with van der Waals surface area (Å²) in [7, 11) is -3.65. The molecular formula is C13H15N3O3S. The Balaban J connectivity index is 1.73. The SMILES string of the molecule is O=S(=O)(c1ccccc1O)N1C2CCC1CC1(C2)N=N1. The standard InChI is InChI=1S/C13H15N3O3S/c17-11-3-1-2-4-12(11)20(18,19)16-9-5-6-10(16)8-13(7-9)14-15-13/h1-4,9-10,17H,5-8H2. The number of rotatable bonds is 2. The third-order valence-electron chi connectivity index (χ3n) is 4.48. The van der Waals surface area contributed by atoms with Crippen LogP contribution in [0.15, 0.2) is 39.4 Å². The van der Waals surface area contributed by atoms with E-state index in [-0.39, 0.29) is 28.4 Å². The van der Waals surface area contributed by atoms with Gasteiger partial charge in [0.2, 0.25) is 10.0 Å². The molecule has 0 saturated carbocycles. The Morgan fingerprint density at radius 1 is 1.15 bits per heavy atom. The van der Waals surface area contributed by atoms with Crippen LogP contribution in [0.3, 0.4) is 0 Å². The molecule has 20 heavy (non-hydrogen) atoms. The average Bonchev–Trinajstić information content (AvgIpc) is 3.07. The summed E-state index contributed by atoms with van der Waals surface area (Å²) in [6, 6.07) is 6.02. The predicted molar refractivity (Wildman–Crippen MR) is 70.8 cm³/mol. The van der Waals surface area contributed by atoms with Crippen molar-refractivity contribution < 1.29 is 13.5 Å². The van der Waals surface area contributed by atoms with Crippen LogP contribution in [0.2, 0.25) is 0 Å². The fourth-order valence-corrected chi connectivity index (χ4v) is 5.53. The Morgan fingerprint density at radius 2 is 1.75 bits per heavy atom. The molecule has 106 valence electrons. The fraction of sp³-hybridized carbons (Fsp3) is 0.538. The highest BCUT2D eigenvalue weighted by molar-refractivity contribution is 7.89. The van der Waals surface area contributed by atoms with Gasteiger partial charge in [0.05, 0.1) is 0 Å². The Hall–Kier alpha value is -1.47. The molecule has 2 unspecified atom stereocenters. The number of sulfonamides is 1. The summed E-state index contributed by atoms with van der Waals surface area (Å²) >= 11 is 0. The van der Waals surface area contributed by atoms with Crippen molar-refractivity contribution in [3.8, 4) is 5.75 Å². The Morgan fingerprint density at radius 3 is 2.30 bits per heavy atom. The fourth-order valence-electron chi connectivity index (χ4n) is 3.57. The molecule has 1 aromatic rings. The van der Waals surface area contributed by atoms with Crippen molar-refractivity contribution in [3.05, 3.63) is 24.3 Å². The molecule has 2 atom stereocenters. The molecule has 0 aliphatic carbocycles. The summed E-state index contributed by atoms with van der Waals surface area (Å²) in [4.78, 5) is -0.00229. The highest BCUT2D eigenvalue weighted by Crippen LogP contribution is 2.51. The third kappa shape index (κ3) is 1.63. The first-order valence-corrected chi connectivity index (χ1v) is 8.21. The number of benzene rings is 1. The van der Waals surface area contributed by atoms with Gasteiger partial charge in [-0.05, 0) is 25.0 Å². The second kappa shape index (κ2) is 3.79. The van der Waals surface area contributed by atoms with E-state index < -0.39 is 10.0 Å². The largest absolute Gasteiger partial charge is 0.507 e. The number of phenolic OH excluding ortho intramolecular Hbond substituents is 1. The van der Waals surface area contributed by atoms with Gasteiger partial charge < -0.3 is 5.11 Å². The molecule has 1 spiro atoms. The van der Waals surface area contributed by atoms with Gasteiger partial charge in [-0.2, -0.15) is 14.5 Å². The number of para-hydroxylation sites is 1. The normalized spacial score (nSPS) is 30.8. The van der Waals surface area contributed by atoms with E-state index in [1.165, 1.54) is 12.1 Å². The molecule has 2 saturated heterocycles. The summed E-state index contributed by atoms with van der Waals surface area (Å²) < 4.78 is 27.2. The Bertz CT molecular complexity index is 679. The minimum absolute atomic E-state index is 0.00229. The smallest absolute Gasteiger partial charge is 0.247 e. The lowest BCUT2D eigenvalue weighted by Gasteiger charge is -2.36. The monoisotopic (exact) mass is 293 g/mol. The lowest BCUT2D eigenvalue weighted by Crippen LogP contribution is -2.49. The maximum Gasteiger partial charge on any atom is 0.247 e. The molecule has 1 aromatic carbocycles. The van der Waals surface area contributed by atoms with E-state index in [9.17, 15) is 13.5 Å². The summed E-state index contributed by atoms with van der Waals surface area (Å²) in [6.07, 6.45) is 3.06. The number of fused-ring (bicyclic) bond motifs is 2. The molecule has 4 rings (SSSR count). The molecular weight excluding hydrogens is 278 g/mol. The van der Waals surface area contributed by atoms with Crippen molar-refractivity contribution >= 4 is 10.0 Å². The van der Waals surface area contributed by atoms with Gasteiger partial charge in [0.25, 0.3) is 0 Å². The highest BCUT2D eigenvalue weighted by atomic mass is 32.2. The van der Waals surface area contributed by atoms with Crippen molar-refractivity contribution in [2.75, 3.05) is 0 Å².